The van der Waals surface area contributed by atoms with Crippen LogP contribution in [0.25, 0.3) is 39.5 Å². The molecule has 0 spiro atoms. The van der Waals surface area contributed by atoms with Gasteiger partial charge in [-0.3, -0.25) is 4.40 Å². The third kappa shape index (κ3) is 1.47. The van der Waals surface area contributed by atoms with Crippen molar-refractivity contribution >= 4 is 39.5 Å². The maximum atomic E-state index is 4.93. The van der Waals surface area contributed by atoms with E-state index in [1.165, 1.54) is 27.0 Å². The molecule has 0 saturated carbocycles. The summed E-state index contributed by atoms with van der Waals surface area (Å²) in [7, 11) is 0. The number of imidazole rings is 1. The maximum absolute atomic E-state index is 4.93. The molecular weight excluding hydrogens is 268 g/mol. The van der Waals surface area contributed by atoms with E-state index >= 15 is 0 Å². The first-order chi connectivity index (χ1) is 10.9. The molecule has 1 aliphatic rings. The number of hydrogen-bond donors (Lipinski definition) is 0. The minimum absolute atomic E-state index is 0.934. The molecule has 0 bridgehead atoms. The first-order valence-corrected chi connectivity index (χ1v) is 7.58. The summed E-state index contributed by atoms with van der Waals surface area (Å²) < 4.78 is 2.29. The monoisotopic (exact) mass is 282 g/mol. The van der Waals surface area contributed by atoms with Gasteiger partial charge in [0, 0.05) is 10.8 Å². The van der Waals surface area contributed by atoms with Crippen molar-refractivity contribution in [1.82, 2.24) is 9.38 Å². The topological polar surface area (TPSA) is 17.3 Å². The van der Waals surface area contributed by atoms with Crippen LogP contribution in [0.15, 0.2) is 60.7 Å². The third-order valence-electron chi connectivity index (χ3n) is 4.38. The lowest BCUT2D eigenvalue weighted by atomic mass is 10.1. The first kappa shape index (κ1) is 11.8. The molecule has 2 aromatic carbocycles. The quantitative estimate of drug-likeness (QED) is 0.453. The standard InChI is InChI=1S/C20H14N2/c1-2-11-17-19(13-3-1)22-18-12-7-6-9-15(18)14-8-4-5-10-16(14)20(22)21-17/h1,3-13H,2H2. The fourth-order valence-electron chi connectivity index (χ4n) is 3.41. The lowest BCUT2D eigenvalue weighted by Gasteiger charge is -2.07. The zero-order chi connectivity index (χ0) is 14.5. The van der Waals surface area contributed by atoms with Gasteiger partial charge in [0.15, 0.2) is 0 Å². The molecular formula is C20H14N2. The van der Waals surface area contributed by atoms with Gasteiger partial charge in [-0.15, -0.1) is 0 Å². The molecule has 5 rings (SSSR count). The van der Waals surface area contributed by atoms with Crippen LogP contribution < -0.4 is 10.7 Å². The number of para-hydroxylation sites is 1. The van der Waals surface area contributed by atoms with Gasteiger partial charge < -0.3 is 0 Å². The normalized spacial score (nSPS) is 13.8. The Morgan fingerprint density at radius 3 is 2.55 bits per heavy atom. The van der Waals surface area contributed by atoms with Crippen molar-refractivity contribution in [2.75, 3.05) is 0 Å². The number of aromatic nitrogens is 2. The Morgan fingerprint density at radius 2 is 1.64 bits per heavy atom. The van der Waals surface area contributed by atoms with Crippen LogP contribution in [0.1, 0.15) is 6.42 Å². The van der Waals surface area contributed by atoms with Crippen molar-refractivity contribution < 1.29 is 0 Å². The van der Waals surface area contributed by atoms with Crippen LogP contribution in [0, 0.1) is 0 Å². The van der Waals surface area contributed by atoms with Crippen molar-refractivity contribution in [2.24, 2.45) is 0 Å². The zero-order valence-corrected chi connectivity index (χ0v) is 12.0. The van der Waals surface area contributed by atoms with Crippen LogP contribution in [0.4, 0.5) is 0 Å². The van der Waals surface area contributed by atoms with E-state index in [2.05, 4.69) is 77.2 Å². The summed E-state index contributed by atoms with van der Waals surface area (Å²) in [6.07, 6.45) is 9.59. The van der Waals surface area contributed by atoms with Gasteiger partial charge in [-0.2, -0.15) is 0 Å². The van der Waals surface area contributed by atoms with Crippen LogP contribution in [-0.2, 0) is 0 Å². The van der Waals surface area contributed by atoms with Gasteiger partial charge in [0.05, 0.1) is 16.2 Å². The summed E-state index contributed by atoms with van der Waals surface area (Å²) in [4.78, 5) is 4.93. The summed E-state index contributed by atoms with van der Waals surface area (Å²) in [5.41, 5.74) is 2.26. The van der Waals surface area contributed by atoms with Gasteiger partial charge >= 0.3 is 0 Å². The molecule has 1 aliphatic carbocycles. The highest BCUT2D eigenvalue weighted by Crippen LogP contribution is 2.27. The fourth-order valence-corrected chi connectivity index (χ4v) is 3.41. The number of fused-ring (bicyclic) bond motifs is 8. The van der Waals surface area contributed by atoms with E-state index in [-0.39, 0.29) is 0 Å². The second kappa shape index (κ2) is 4.31. The molecule has 0 radical (unpaired) electrons. The predicted octanol–water partition coefficient (Wildman–Crippen LogP) is 3.16. The van der Waals surface area contributed by atoms with Crippen molar-refractivity contribution in [1.29, 1.82) is 0 Å². The number of nitrogens with zero attached hydrogens (tertiary/aromatic N) is 2. The summed E-state index contributed by atoms with van der Waals surface area (Å²) in [6, 6.07) is 17.1. The maximum Gasteiger partial charge on any atom is 0.146 e. The van der Waals surface area contributed by atoms with Crippen molar-refractivity contribution in [2.45, 2.75) is 6.42 Å². The van der Waals surface area contributed by atoms with E-state index in [1.54, 1.807) is 0 Å². The molecule has 104 valence electrons. The van der Waals surface area contributed by atoms with Crippen molar-refractivity contribution in [3.63, 3.8) is 0 Å². The molecule has 2 aromatic heterocycles. The van der Waals surface area contributed by atoms with Gasteiger partial charge in [0.1, 0.15) is 5.65 Å². The van der Waals surface area contributed by atoms with Crippen molar-refractivity contribution in [3.8, 4) is 0 Å². The van der Waals surface area contributed by atoms with Crippen molar-refractivity contribution in [3.05, 3.63) is 71.4 Å². The fraction of sp³-hybridized carbons (Fsp3) is 0.0500. The minimum Gasteiger partial charge on any atom is -0.292 e. The largest absolute Gasteiger partial charge is 0.292 e. The van der Waals surface area contributed by atoms with Gasteiger partial charge in [-0.25, -0.2) is 4.98 Å². The third-order valence-corrected chi connectivity index (χ3v) is 4.38. The minimum atomic E-state index is 0.934. The molecule has 0 atom stereocenters. The Kier molecular flexibility index (Phi) is 2.30. The number of allylic oxidation sites excluding steroid dienone is 2. The average Bonchev–Trinajstić information content (AvgIpc) is 2.79. The van der Waals surface area contributed by atoms with Crippen LogP contribution in [0.5, 0.6) is 0 Å². The lowest BCUT2D eigenvalue weighted by molar-refractivity contribution is 1.20. The van der Waals surface area contributed by atoms with E-state index in [1.807, 2.05) is 0 Å². The molecule has 0 unspecified atom stereocenters. The van der Waals surface area contributed by atoms with E-state index in [9.17, 15) is 0 Å². The second-order valence-electron chi connectivity index (χ2n) is 5.64. The predicted molar refractivity (Wildman–Crippen MR) is 92.1 cm³/mol. The van der Waals surface area contributed by atoms with E-state index in [0.29, 0.717) is 0 Å². The molecule has 2 heterocycles. The highest BCUT2D eigenvalue weighted by Gasteiger charge is 2.11. The Hall–Kier alpha value is -2.87. The number of rotatable bonds is 0. The highest BCUT2D eigenvalue weighted by molar-refractivity contribution is 6.11. The van der Waals surface area contributed by atoms with E-state index < -0.39 is 0 Å². The Balaban J connectivity index is 2.23. The zero-order valence-electron chi connectivity index (χ0n) is 12.0. The summed E-state index contributed by atoms with van der Waals surface area (Å²) in [5, 5.41) is 5.99. The summed E-state index contributed by atoms with van der Waals surface area (Å²) in [6.45, 7) is 0. The van der Waals surface area contributed by atoms with Crippen LogP contribution in [0.2, 0.25) is 0 Å². The van der Waals surface area contributed by atoms with Gasteiger partial charge in [-0.1, -0.05) is 60.7 Å². The summed E-state index contributed by atoms with van der Waals surface area (Å²) >= 11 is 0. The molecule has 4 aromatic rings. The molecule has 22 heavy (non-hydrogen) atoms. The molecule has 0 aliphatic heterocycles. The lowest BCUT2D eigenvalue weighted by Crippen LogP contribution is -2.26. The van der Waals surface area contributed by atoms with Gasteiger partial charge in [0.25, 0.3) is 0 Å². The number of hydrogen-bond acceptors (Lipinski definition) is 1. The smallest absolute Gasteiger partial charge is 0.146 e. The number of benzene rings is 2. The summed E-state index contributed by atoms with van der Waals surface area (Å²) in [5.74, 6) is 0. The molecule has 0 fully saturated rings. The number of pyridine rings is 1. The van der Waals surface area contributed by atoms with Crippen LogP contribution >= 0.6 is 0 Å². The van der Waals surface area contributed by atoms with Gasteiger partial charge in [0.2, 0.25) is 0 Å². The molecule has 2 nitrogen and oxygen atoms in total. The first-order valence-electron chi connectivity index (χ1n) is 7.58. The Morgan fingerprint density at radius 1 is 0.864 bits per heavy atom. The molecule has 0 saturated heterocycles. The Bertz CT molecular complexity index is 1190. The van der Waals surface area contributed by atoms with Crippen LogP contribution in [0.3, 0.4) is 0 Å². The molecule has 0 amide bonds. The average molecular weight is 282 g/mol. The van der Waals surface area contributed by atoms with Crippen LogP contribution in [-0.4, -0.2) is 9.38 Å². The van der Waals surface area contributed by atoms with E-state index in [4.69, 9.17) is 4.98 Å². The second-order valence-corrected chi connectivity index (χ2v) is 5.64. The molecule has 2 heteroatoms. The Labute approximate surface area is 127 Å². The molecule has 0 N–H and O–H groups in total. The SMILES string of the molecule is C1=CCC=c2nc3c4ccccc4c4ccccc4n3c2=C1. The van der Waals surface area contributed by atoms with Gasteiger partial charge in [-0.05, 0) is 23.9 Å². The van der Waals surface area contributed by atoms with E-state index in [0.717, 1.165) is 17.4 Å². The highest BCUT2D eigenvalue weighted by atomic mass is 15.0.